The molecular formula is C17H19NO3. The quantitative estimate of drug-likeness (QED) is 0.797. The second-order valence-electron chi connectivity index (χ2n) is 4.90. The first-order valence-corrected chi connectivity index (χ1v) is 6.89. The largest absolute Gasteiger partial charge is 0.462 e. The lowest BCUT2D eigenvalue weighted by molar-refractivity contribution is 0.0523. The fourth-order valence-electron chi connectivity index (χ4n) is 2.00. The van der Waals surface area contributed by atoms with E-state index in [0.717, 1.165) is 16.9 Å². The number of benzene rings is 1. The van der Waals surface area contributed by atoms with Gasteiger partial charge in [0.05, 0.1) is 6.61 Å². The van der Waals surface area contributed by atoms with Crippen LogP contribution < -0.4 is 4.74 Å². The molecule has 4 heteroatoms. The third-order valence-corrected chi connectivity index (χ3v) is 3.29. The molecule has 0 aliphatic rings. The van der Waals surface area contributed by atoms with Crippen molar-refractivity contribution < 1.29 is 14.3 Å². The first-order chi connectivity index (χ1) is 10.0. The van der Waals surface area contributed by atoms with Gasteiger partial charge in [-0.2, -0.15) is 0 Å². The summed E-state index contributed by atoms with van der Waals surface area (Å²) in [5, 5.41) is 0. The third-order valence-electron chi connectivity index (χ3n) is 3.29. The van der Waals surface area contributed by atoms with Crippen LogP contribution in [-0.2, 0) is 4.74 Å². The van der Waals surface area contributed by atoms with E-state index in [1.54, 1.807) is 19.2 Å². The minimum atomic E-state index is -0.429. The van der Waals surface area contributed by atoms with Crippen molar-refractivity contribution >= 4 is 5.97 Å². The molecule has 1 heterocycles. The summed E-state index contributed by atoms with van der Waals surface area (Å²) in [5.41, 5.74) is 3.70. The lowest BCUT2D eigenvalue weighted by Gasteiger charge is -2.13. The zero-order valence-corrected chi connectivity index (χ0v) is 12.8. The number of pyridine rings is 1. The van der Waals surface area contributed by atoms with Crippen molar-refractivity contribution in [2.45, 2.75) is 27.7 Å². The van der Waals surface area contributed by atoms with Gasteiger partial charge in [-0.3, -0.25) is 4.98 Å². The van der Waals surface area contributed by atoms with E-state index in [0.29, 0.717) is 17.9 Å². The Hall–Kier alpha value is -2.36. The molecule has 0 N–H and O–H groups in total. The van der Waals surface area contributed by atoms with Gasteiger partial charge >= 0.3 is 5.97 Å². The molecule has 0 spiro atoms. The van der Waals surface area contributed by atoms with Crippen molar-refractivity contribution in [3.05, 3.63) is 52.8 Å². The molecule has 1 aromatic heterocycles. The van der Waals surface area contributed by atoms with Crippen molar-refractivity contribution in [3.8, 4) is 11.5 Å². The zero-order valence-electron chi connectivity index (χ0n) is 12.8. The molecule has 0 aliphatic carbocycles. The van der Waals surface area contributed by atoms with Crippen molar-refractivity contribution in [1.29, 1.82) is 0 Å². The minimum Gasteiger partial charge on any atom is -0.462 e. The predicted molar refractivity (Wildman–Crippen MR) is 80.9 cm³/mol. The Morgan fingerprint density at radius 2 is 1.81 bits per heavy atom. The molecule has 0 saturated heterocycles. The van der Waals surface area contributed by atoms with Gasteiger partial charge < -0.3 is 9.47 Å². The van der Waals surface area contributed by atoms with Crippen LogP contribution in [0.1, 0.15) is 34.0 Å². The summed E-state index contributed by atoms with van der Waals surface area (Å²) in [5.74, 6) is 0.756. The molecule has 110 valence electrons. The first-order valence-electron chi connectivity index (χ1n) is 6.89. The monoisotopic (exact) mass is 285 g/mol. The maximum absolute atomic E-state index is 11.9. The number of ether oxygens (including phenoxy) is 2. The molecule has 0 unspecified atom stereocenters. The van der Waals surface area contributed by atoms with E-state index < -0.39 is 5.97 Å². The molecule has 1 aromatic carbocycles. The Balaban J connectivity index is 2.36. The van der Waals surface area contributed by atoms with E-state index in [-0.39, 0.29) is 0 Å². The Labute approximate surface area is 124 Å². The molecular weight excluding hydrogens is 266 g/mol. The van der Waals surface area contributed by atoms with Gasteiger partial charge in [0, 0.05) is 18.5 Å². The summed E-state index contributed by atoms with van der Waals surface area (Å²) in [4.78, 5) is 15.9. The van der Waals surface area contributed by atoms with E-state index in [9.17, 15) is 4.79 Å². The summed E-state index contributed by atoms with van der Waals surface area (Å²) in [6, 6.07) is 5.71. The number of hydrogen-bond donors (Lipinski definition) is 0. The molecule has 0 atom stereocenters. The first kappa shape index (κ1) is 15.0. The van der Waals surface area contributed by atoms with Crippen LogP contribution in [0.25, 0.3) is 0 Å². The highest BCUT2D eigenvalue weighted by Crippen LogP contribution is 2.29. The lowest BCUT2D eigenvalue weighted by atomic mass is 10.1. The normalized spacial score (nSPS) is 10.3. The van der Waals surface area contributed by atoms with Crippen LogP contribution in [0.4, 0.5) is 0 Å². The Bertz CT molecular complexity index is 665. The number of aromatic nitrogens is 1. The molecule has 0 bridgehead atoms. The molecule has 2 rings (SSSR count). The fraction of sp³-hybridized carbons (Fsp3) is 0.294. The number of rotatable bonds is 4. The molecule has 0 radical (unpaired) electrons. The van der Waals surface area contributed by atoms with Gasteiger partial charge in [0.1, 0.15) is 17.1 Å². The van der Waals surface area contributed by atoms with Crippen molar-refractivity contribution in [2.24, 2.45) is 0 Å². The molecule has 0 fully saturated rings. The second kappa shape index (κ2) is 6.39. The van der Waals surface area contributed by atoms with E-state index in [1.165, 1.54) is 11.8 Å². The van der Waals surface area contributed by atoms with E-state index in [2.05, 4.69) is 18.0 Å². The molecule has 0 saturated carbocycles. The third kappa shape index (κ3) is 3.40. The van der Waals surface area contributed by atoms with Crippen LogP contribution in [0.3, 0.4) is 0 Å². The van der Waals surface area contributed by atoms with Crippen LogP contribution in [-0.4, -0.2) is 17.6 Å². The molecule has 4 nitrogen and oxygen atoms in total. The SMILES string of the molecule is CCOC(=O)c1cnccc1Oc1cc(C)c(C)cc1C. The smallest absolute Gasteiger partial charge is 0.343 e. The van der Waals surface area contributed by atoms with Crippen molar-refractivity contribution in [2.75, 3.05) is 6.61 Å². The standard InChI is InChI=1S/C17H19NO3/c1-5-20-17(19)14-10-18-7-6-15(14)21-16-9-12(3)11(2)8-13(16)4/h6-10H,5H2,1-4H3. The number of carbonyl (C=O) groups is 1. The number of nitrogens with zero attached hydrogens (tertiary/aromatic N) is 1. The van der Waals surface area contributed by atoms with Crippen LogP contribution in [0.15, 0.2) is 30.6 Å². The minimum absolute atomic E-state index is 0.315. The van der Waals surface area contributed by atoms with E-state index >= 15 is 0 Å². The van der Waals surface area contributed by atoms with Gasteiger partial charge in [0.2, 0.25) is 0 Å². The number of esters is 1. The van der Waals surface area contributed by atoms with Crippen LogP contribution in [0, 0.1) is 20.8 Å². The number of hydrogen-bond acceptors (Lipinski definition) is 4. The fourth-order valence-corrected chi connectivity index (χ4v) is 2.00. The average Bonchev–Trinajstić information content (AvgIpc) is 2.45. The Morgan fingerprint density at radius 1 is 1.10 bits per heavy atom. The summed E-state index contributed by atoms with van der Waals surface area (Å²) in [7, 11) is 0. The van der Waals surface area contributed by atoms with Gasteiger partial charge in [0.15, 0.2) is 0 Å². The topological polar surface area (TPSA) is 48.4 Å². The molecule has 0 amide bonds. The molecule has 0 aliphatic heterocycles. The van der Waals surface area contributed by atoms with Gasteiger partial charge in [-0.1, -0.05) is 6.07 Å². The van der Waals surface area contributed by atoms with Crippen molar-refractivity contribution in [1.82, 2.24) is 4.98 Å². The second-order valence-corrected chi connectivity index (χ2v) is 4.90. The van der Waals surface area contributed by atoms with Crippen LogP contribution in [0.5, 0.6) is 11.5 Å². The van der Waals surface area contributed by atoms with Gasteiger partial charge in [-0.05, 0) is 50.5 Å². The number of aryl methyl sites for hydroxylation is 3. The average molecular weight is 285 g/mol. The summed E-state index contributed by atoms with van der Waals surface area (Å²) in [6.45, 7) is 8.15. The van der Waals surface area contributed by atoms with Gasteiger partial charge in [0.25, 0.3) is 0 Å². The predicted octanol–water partition coefficient (Wildman–Crippen LogP) is 3.98. The van der Waals surface area contributed by atoms with Crippen LogP contribution in [0.2, 0.25) is 0 Å². The zero-order chi connectivity index (χ0) is 15.4. The van der Waals surface area contributed by atoms with Crippen molar-refractivity contribution in [3.63, 3.8) is 0 Å². The van der Waals surface area contributed by atoms with Gasteiger partial charge in [-0.25, -0.2) is 4.79 Å². The highest BCUT2D eigenvalue weighted by molar-refractivity contribution is 5.92. The summed E-state index contributed by atoms with van der Waals surface area (Å²) < 4.78 is 10.9. The Morgan fingerprint density at radius 3 is 2.52 bits per heavy atom. The highest BCUT2D eigenvalue weighted by atomic mass is 16.5. The Kier molecular flexibility index (Phi) is 4.58. The molecule has 21 heavy (non-hydrogen) atoms. The summed E-state index contributed by atoms with van der Waals surface area (Å²) in [6.07, 6.45) is 3.05. The van der Waals surface area contributed by atoms with E-state index in [4.69, 9.17) is 9.47 Å². The maximum Gasteiger partial charge on any atom is 0.343 e. The van der Waals surface area contributed by atoms with Gasteiger partial charge in [-0.15, -0.1) is 0 Å². The van der Waals surface area contributed by atoms with E-state index in [1.807, 2.05) is 19.9 Å². The maximum atomic E-state index is 11.9. The molecule has 2 aromatic rings. The lowest BCUT2D eigenvalue weighted by Crippen LogP contribution is -2.07. The summed E-state index contributed by atoms with van der Waals surface area (Å²) >= 11 is 0. The number of carbonyl (C=O) groups excluding carboxylic acids is 1. The highest BCUT2D eigenvalue weighted by Gasteiger charge is 2.15. The van der Waals surface area contributed by atoms with Crippen LogP contribution >= 0.6 is 0 Å².